The summed E-state index contributed by atoms with van der Waals surface area (Å²) in [5, 5.41) is 2.92. The maximum absolute atomic E-state index is 12.2. The minimum absolute atomic E-state index is 0.0421. The van der Waals surface area contributed by atoms with Gasteiger partial charge in [0.25, 0.3) is 0 Å². The molecule has 0 aromatic heterocycles. The molecule has 6 heteroatoms. The van der Waals surface area contributed by atoms with Crippen LogP contribution in [0.3, 0.4) is 0 Å². The molecule has 0 aliphatic carbocycles. The summed E-state index contributed by atoms with van der Waals surface area (Å²) >= 11 is 0. The van der Waals surface area contributed by atoms with E-state index in [0.29, 0.717) is 31.0 Å². The Balaban J connectivity index is 1.83. The fourth-order valence-corrected chi connectivity index (χ4v) is 3.23. The van der Waals surface area contributed by atoms with E-state index in [4.69, 9.17) is 9.47 Å². The molecule has 0 spiro atoms. The topological polar surface area (TPSA) is 67.9 Å². The second-order valence-electron chi connectivity index (χ2n) is 6.84. The molecule has 2 rings (SSSR count). The number of rotatable bonds is 10. The molecule has 0 saturated heterocycles. The van der Waals surface area contributed by atoms with Crippen molar-refractivity contribution < 1.29 is 19.1 Å². The van der Waals surface area contributed by atoms with Gasteiger partial charge in [-0.2, -0.15) is 0 Å². The van der Waals surface area contributed by atoms with Crippen molar-refractivity contribution in [1.29, 1.82) is 0 Å². The zero-order valence-corrected chi connectivity index (χ0v) is 17.6. The second kappa shape index (κ2) is 11.1. The third-order valence-electron chi connectivity index (χ3n) is 4.92. The Hall–Kier alpha value is -3.02. The molecule has 6 nitrogen and oxygen atoms in total. The summed E-state index contributed by atoms with van der Waals surface area (Å²) in [6.45, 7) is 4.41. The van der Waals surface area contributed by atoms with Gasteiger partial charge in [-0.25, -0.2) is 0 Å². The van der Waals surface area contributed by atoms with Crippen molar-refractivity contribution >= 4 is 11.8 Å². The van der Waals surface area contributed by atoms with Gasteiger partial charge in [-0.3, -0.25) is 9.59 Å². The maximum atomic E-state index is 12.2. The molecular weight excluding hydrogens is 368 g/mol. The first-order valence-electron chi connectivity index (χ1n) is 9.76. The van der Waals surface area contributed by atoms with Crippen LogP contribution in [0.1, 0.15) is 37.4 Å². The van der Waals surface area contributed by atoms with Crippen molar-refractivity contribution in [2.24, 2.45) is 0 Å². The molecule has 0 radical (unpaired) electrons. The number of benzene rings is 2. The van der Waals surface area contributed by atoms with Crippen LogP contribution < -0.4 is 14.8 Å². The first-order valence-corrected chi connectivity index (χ1v) is 9.76. The molecule has 1 N–H and O–H groups in total. The van der Waals surface area contributed by atoms with Crippen LogP contribution >= 0.6 is 0 Å². The summed E-state index contributed by atoms with van der Waals surface area (Å²) in [4.78, 5) is 26.0. The first kappa shape index (κ1) is 22.3. The van der Waals surface area contributed by atoms with Crippen LogP contribution in [0.15, 0.2) is 48.5 Å². The van der Waals surface area contributed by atoms with Crippen LogP contribution in [0, 0.1) is 0 Å². The maximum Gasteiger partial charge on any atom is 0.221 e. The molecule has 1 atom stereocenters. The molecule has 0 aliphatic rings. The van der Waals surface area contributed by atoms with Gasteiger partial charge in [-0.05, 0) is 36.6 Å². The molecule has 0 saturated carbocycles. The van der Waals surface area contributed by atoms with E-state index in [0.717, 1.165) is 11.1 Å². The van der Waals surface area contributed by atoms with E-state index in [2.05, 4.69) is 5.32 Å². The predicted octanol–water partition coefficient (Wildman–Crippen LogP) is 3.36. The normalized spacial score (nSPS) is 11.4. The average molecular weight is 399 g/mol. The predicted molar refractivity (Wildman–Crippen MR) is 113 cm³/mol. The molecular formula is C23H30N2O4. The zero-order chi connectivity index (χ0) is 21.2. The van der Waals surface area contributed by atoms with E-state index in [1.54, 1.807) is 19.1 Å². The highest BCUT2D eigenvalue weighted by molar-refractivity contribution is 5.78. The molecule has 0 bridgehead atoms. The van der Waals surface area contributed by atoms with E-state index in [9.17, 15) is 9.59 Å². The molecule has 156 valence electrons. The molecule has 2 aromatic carbocycles. The van der Waals surface area contributed by atoms with Crippen molar-refractivity contribution in [3.05, 3.63) is 59.7 Å². The fourth-order valence-electron chi connectivity index (χ4n) is 3.23. The number of hydrogen-bond donors (Lipinski definition) is 1. The highest BCUT2D eigenvalue weighted by Crippen LogP contribution is 2.27. The Morgan fingerprint density at radius 3 is 2.34 bits per heavy atom. The molecule has 0 aliphatic heterocycles. The Bertz CT molecular complexity index is 808. The minimum Gasteiger partial charge on any atom is -0.493 e. The third-order valence-corrected chi connectivity index (χ3v) is 4.92. The van der Waals surface area contributed by atoms with Crippen LogP contribution in [0.5, 0.6) is 11.5 Å². The van der Waals surface area contributed by atoms with Crippen molar-refractivity contribution in [3.63, 3.8) is 0 Å². The molecule has 2 aromatic rings. The van der Waals surface area contributed by atoms with Crippen molar-refractivity contribution in [2.75, 3.05) is 27.3 Å². The van der Waals surface area contributed by atoms with Gasteiger partial charge in [0.2, 0.25) is 11.8 Å². The molecule has 29 heavy (non-hydrogen) atoms. The average Bonchev–Trinajstić information content (AvgIpc) is 2.74. The first-order chi connectivity index (χ1) is 14.0. The Morgan fingerprint density at radius 2 is 1.72 bits per heavy atom. The van der Waals surface area contributed by atoms with Crippen LogP contribution in [-0.2, 0) is 16.0 Å². The summed E-state index contributed by atoms with van der Waals surface area (Å²) in [5.41, 5.74) is 2.10. The molecule has 0 fully saturated rings. The number of carbonyl (C=O) groups excluding carboxylic acids is 2. The van der Waals surface area contributed by atoms with E-state index in [-0.39, 0.29) is 24.3 Å². The summed E-state index contributed by atoms with van der Waals surface area (Å²) in [5.74, 6) is 1.23. The number of hydrogen-bond acceptors (Lipinski definition) is 4. The van der Waals surface area contributed by atoms with Crippen molar-refractivity contribution in [2.45, 2.75) is 32.7 Å². The van der Waals surface area contributed by atoms with Crippen LogP contribution in [0.25, 0.3) is 0 Å². The summed E-state index contributed by atoms with van der Waals surface area (Å²) in [7, 11) is 3.20. The lowest BCUT2D eigenvalue weighted by Crippen LogP contribution is -2.36. The standard InChI is InChI=1S/C23H30N2O4/c1-17(20-8-6-5-7-9-20)25(18(2)26)15-13-23(27)24-14-12-19-10-11-21(28-3)22(16-19)29-4/h5-11,16-17H,12-15H2,1-4H3,(H,24,27). The van der Waals surface area contributed by atoms with Gasteiger partial charge in [0.05, 0.1) is 20.3 Å². The molecule has 2 amide bonds. The summed E-state index contributed by atoms with van der Waals surface area (Å²) < 4.78 is 10.5. The van der Waals surface area contributed by atoms with E-state index >= 15 is 0 Å². The number of ether oxygens (including phenoxy) is 2. The monoisotopic (exact) mass is 398 g/mol. The number of amides is 2. The third kappa shape index (κ3) is 6.52. The van der Waals surface area contributed by atoms with E-state index in [1.165, 1.54) is 6.92 Å². The lowest BCUT2D eigenvalue weighted by Gasteiger charge is -2.28. The fraction of sp³-hybridized carbons (Fsp3) is 0.391. The van der Waals surface area contributed by atoms with Gasteiger partial charge < -0.3 is 19.7 Å². The highest BCUT2D eigenvalue weighted by atomic mass is 16.5. The zero-order valence-electron chi connectivity index (χ0n) is 17.6. The van der Waals surface area contributed by atoms with Crippen LogP contribution in [0.2, 0.25) is 0 Å². The van der Waals surface area contributed by atoms with Gasteiger partial charge in [-0.15, -0.1) is 0 Å². The number of methoxy groups -OCH3 is 2. The smallest absolute Gasteiger partial charge is 0.221 e. The Morgan fingerprint density at radius 1 is 1.03 bits per heavy atom. The summed E-state index contributed by atoms with van der Waals surface area (Å²) in [6, 6.07) is 15.5. The molecule has 1 unspecified atom stereocenters. The summed E-state index contributed by atoms with van der Waals surface area (Å²) in [6.07, 6.45) is 0.950. The van der Waals surface area contributed by atoms with Gasteiger partial charge in [0.15, 0.2) is 11.5 Å². The lowest BCUT2D eigenvalue weighted by molar-refractivity contribution is -0.131. The SMILES string of the molecule is COc1ccc(CCNC(=O)CCN(C(C)=O)C(C)c2ccccc2)cc1OC. The van der Waals surface area contributed by atoms with Crippen LogP contribution in [-0.4, -0.2) is 44.0 Å². The van der Waals surface area contributed by atoms with Gasteiger partial charge >= 0.3 is 0 Å². The van der Waals surface area contributed by atoms with Crippen molar-refractivity contribution in [3.8, 4) is 11.5 Å². The van der Waals surface area contributed by atoms with Crippen molar-refractivity contribution in [1.82, 2.24) is 10.2 Å². The number of nitrogens with one attached hydrogen (secondary N) is 1. The van der Waals surface area contributed by atoms with E-state index < -0.39 is 0 Å². The van der Waals surface area contributed by atoms with Crippen LogP contribution in [0.4, 0.5) is 0 Å². The lowest BCUT2D eigenvalue weighted by atomic mass is 10.1. The van der Waals surface area contributed by atoms with Gasteiger partial charge in [-0.1, -0.05) is 36.4 Å². The quantitative estimate of drug-likeness (QED) is 0.666. The number of nitrogens with zero attached hydrogens (tertiary/aromatic N) is 1. The Labute approximate surface area is 172 Å². The largest absolute Gasteiger partial charge is 0.493 e. The van der Waals surface area contributed by atoms with Gasteiger partial charge in [0.1, 0.15) is 0 Å². The molecule has 0 heterocycles. The van der Waals surface area contributed by atoms with Gasteiger partial charge in [0, 0.05) is 26.4 Å². The Kier molecular flexibility index (Phi) is 8.52. The minimum atomic E-state index is -0.0757. The highest BCUT2D eigenvalue weighted by Gasteiger charge is 2.19. The number of carbonyl (C=O) groups is 2. The second-order valence-corrected chi connectivity index (χ2v) is 6.84. The van der Waals surface area contributed by atoms with E-state index in [1.807, 2.05) is 55.5 Å².